The number of anilines is 1. The molecule has 0 amide bonds. The Labute approximate surface area is 233 Å². The molecule has 16 nitrogen and oxygen atoms in total. The number of aliphatic hydroxyl groups excluding tert-OH is 1. The van der Waals surface area contributed by atoms with Crippen molar-refractivity contribution in [1.82, 2.24) is 9.55 Å². The van der Waals surface area contributed by atoms with E-state index in [0.29, 0.717) is 4.57 Å². The van der Waals surface area contributed by atoms with Crippen molar-refractivity contribution < 1.29 is 136 Å². The second-order valence-corrected chi connectivity index (χ2v) is 9.59. The normalized spacial score (nSPS) is 25.8. The third-order valence-corrected chi connectivity index (χ3v) is 6.88. The zero-order valence-electron chi connectivity index (χ0n) is 17.7. The number of nitrogen functional groups attached to an aromatic ring is 1. The predicted molar refractivity (Wildman–Crippen MR) is 78.7 cm³/mol. The number of hydrogen-bond acceptors (Lipinski definition) is 15. The van der Waals surface area contributed by atoms with E-state index in [9.17, 15) is 47.6 Å². The van der Waals surface area contributed by atoms with E-state index in [0.717, 1.165) is 12.3 Å². The maximum absolute atomic E-state index is 14.2. The minimum atomic E-state index is -6.18. The molecule has 0 aromatic carbocycles. The molecule has 24 heteroatoms. The monoisotopic (exact) mass is 509 g/mol. The second kappa shape index (κ2) is 14.9. The summed E-state index contributed by atoms with van der Waals surface area (Å²) in [4.78, 5) is 58.0. The van der Waals surface area contributed by atoms with Crippen molar-refractivity contribution in [1.29, 1.82) is 0 Å². The van der Waals surface area contributed by atoms with Crippen molar-refractivity contribution >= 4 is 29.3 Å². The van der Waals surface area contributed by atoms with Crippen LogP contribution < -0.4 is 106 Å². The standard InChI is InChI=1S/C9H15FN3O13P3.4Li/c10-6-7(14)4(24-8(6)13-2-1-5(11)12-9(13)15)3-23-28(19,20)26-29(21,22)25-27(16,17)18;;;;/h1-2,4,6-8,14H,3H2,(H,19,20)(H,21,22)(H2,11,12,15)(H2,16,17,18);;;;/q;4*+1/p-4/t4-,6?,7+,8-;;;;/m1..../s1. The number of aromatic nitrogens is 2. The molecular weight excluding hydrogens is 498 g/mol. The van der Waals surface area contributed by atoms with Crippen molar-refractivity contribution in [2.24, 2.45) is 0 Å². The van der Waals surface area contributed by atoms with Gasteiger partial charge in [0.15, 0.2) is 12.4 Å². The summed E-state index contributed by atoms with van der Waals surface area (Å²) in [5, 5.41) is 9.78. The number of hydrogen-bond donors (Lipinski definition) is 2. The Kier molecular flexibility index (Phi) is 17.6. The summed E-state index contributed by atoms with van der Waals surface area (Å²) in [7, 11) is -18.2. The second-order valence-electron chi connectivity index (χ2n) is 5.34. The molecule has 2 rings (SSSR count). The molecule has 1 aliphatic heterocycles. The Morgan fingerprint density at radius 3 is 2.15 bits per heavy atom. The Balaban J connectivity index is -0.00000225. The molecule has 1 aliphatic rings. The van der Waals surface area contributed by atoms with Gasteiger partial charge in [0.05, 0.1) is 14.4 Å². The van der Waals surface area contributed by atoms with Gasteiger partial charge in [-0.2, -0.15) is 4.98 Å². The molecule has 1 aromatic heterocycles. The molecule has 1 fully saturated rings. The van der Waals surface area contributed by atoms with Crippen LogP contribution in [0, 0.1) is 0 Å². The van der Waals surface area contributed by atoms with Gasteiger partial charge in [-0.1, -0.05) is 0 Å². The van der Waals surface area contributed by atoms with E-state index >= 15 is 0 Å². The smallest absolute Gasteiger partial charge is 0.790 e. The Morgan fingerprint density at radius 2 is 1.67 bits per heavy atom. The van der Waals surface area contributed by atoms with Crippen molar-refractivity contribution in [3.63, 3.8) is 0 Å². The van der Waals surface area contributed by atoms with Crippen LogP contribution >= 0.6 is 23.5 Å². The predicted octanol–water partition coefficient (Wildman–Crippen LogP) is -15.7. The van der Waals surface area contributed by atoms with E-state index in [1.165, 1.54) is 0 Å². The third kappa shape index (κ3) is 11.9. The van der Waals surface area contributed by atoms with E-state index < -0.39 is 60.4 Å². The molecule has 3 N–H and O–H groups in total. The van der Waals surface area contributed by atoms with Gasteiger partial charge in [-0.05, 0) is 6.07 Å². The van der Waals surface area contributed by atoms with Crippen molar-refractivity contribution in [2.75, 3.05) is 12.3 Å². The van der Waals surface area contributed by atoms with Crippen LogP contribution in [0.5, 0.6) is 0 Å². The van der Waals surface area contributed by atoms with Gasteiger partial charge in [0, 0.05) is 6.20 Å². The fourth-order valence-corrected chi connectivity index (χ4v) is 5.00. The van der Waals surface area contributed by atoms with Crippen LogP contribution in [0.1, 0.15) is 6.23 Å². The van der Waals surface area contributed by atoms with Gasteiger partial charge in [0.25, 0.3) is 15.6 Å². The summed E-state index contributed by atoms with van der Waals surface area (Å²) < 4.78 is 62.9. The fourth-order valence-electron chi connectivity index (χ4n) is 2.13. The summed E-state index contributed by atoms with van der Waals surface area (Å²) in [6, 6.07) is 1.11. The molecule has 2 heterocycles. The molecule has 1 saturated heterocycles. The zero-order chi connectivity index (χ0) is 22.2. The van der Waals surface area contributed by atoms with Crippen molar-refractivity contribution in [2.45, 2.75) is 24.6 Å². The number of nitrogens with zero attached hydrogens (tertiary/aromatic N) is 2. The van der Waals surface area contributed by atoms with Gasteiger partial charge in [-0.15, -0.1) is 0 Å². The first-order valence-corrected chi connectivity index (χ1v) is 11.5. The average Bonchev–Trinajstić information content (AvgIpc) is 2.78. The van der Waals surface area contributed by atoms with E-state index in [4.69, 9.17) is 10.5 Å². The largest absolute Gasteiger partial charge is 1.00 e. The quantitative estimate of drug-likeness (QED) is 0.244. The van der Waals surface area contributed by atoms with Gasteiger partial charge >= 0.3 is 81.1 Å². The molecule has 0 bridgehead atoms. The molecule has 0 aliphatic carbocycles. The summed E-state index contributed by atoms with van der Waals surface area (Å²) in [5.41, 5.74) is 4.23. The molecule has 33 heavy (non-hydrogen) atoms. The van der Waals surface area contributed by atoms with Crippen LogP contribution in [0.15, 0.2) is 17.1 Å². The van der Waals surface area contributed by atoms with Crippen LogP contribution in [0.25, 0.3) is 0 Å². The van der Waals surface area contributed by atoms with Crippen molar-refractivity contribution in [3.8, 4) is 0 Å². The van der Waals surface area contributed by atoms with E-state index in [-0.39, 0.29) is 81.3 Å². The first-order valence-electron chi connectivity index (χ1n) is 7.14. The first kappa shape index (κ1) is 38.9. The van der Waals surface area contributed by atoms with Crippen LogP contribution in [-0.2, 0) is 31.6 Å². The SMILES string of the molecule is Nc1ccn([C@@H]2O[C@H](COP(=O)([O-])OP(=O)([O-])OP(=O)([O-])[O-])[C@H](O)C2F)c(=O)n1.[Li+].[Li+].[Li+].[Li+]. The fraction of sp³-hybridized carbons (Fsp3) is 0.556. The molecule has 166 valence electrons. The van der Waals surface area contributed by atoms with Crippen LogP contribution in [-0.4, -0.2) is 39.6 Å². The maximum Gasteiger partial charge on any atom is 1.00 e. The maximum atomic E-state index is 14.2. The molecule has 6 atom stereocenters. The number of halogens is 1. The molecular formula is C9H11FLi4N3O13P3. The van der Waals surface area contributed by atoms with Gasteiger partial charge in [0.1, 0.15) is 18.0 Å². The topological polar surface area (TPSA) is 262 Å². The average molecular weight is 509 g/mol. The number of alkyl halides is 1. The molecule has 0 radical (unpaired) electrons. The summed E-state index contributed by atoms with van der Waals surface area (Å²) in [6.07, 6.45) is -6.81. The van der Waals surface area contributed by atoms with Gasteiger partial charge < -0.3 is 44.2 Å². The van der Waals surface area contributed by atoms with Gasteiger partial charge in [0.2, 0.25) is 0 Å². The number of ether oxygens (including phenoxy) is 1. The minimum Gasteiger partial charge on any atom is -0.790 e. The van der Waals surface area contributed by atoms with Gasteiger partial charge in [-0.25, -0.2) is 13.5 Å². The molecule has 0 spiro atoms. The number of nitrogens with two attached hydrogens (primary N) is 1. The summed E-state index contributed by atoms with van der Waals surface area (Å²) >= 11 is 0. The van der Waals surface area contributed by atoms with Crippen molar-refractivity contribution in [3.05, 3.63) is 22.7 Å². The van der Waals surface area contributed by atoms with E-state index in [2.05, 4.69) is 18.1 Å². The van der Waals surface area contributed by atoms with Crippen LogP contribution in [0.3, 0.4) is 0 Å². The molecule has 0 saturated carbocycles. The van der Waals surface area contributed by atoms with Gasteiger partial charge in [-0.3, -0.25) is 18.0 Å². The number of rotatable bonds is 8. The molecule has 1 aromatic rings. The Hall–Kier alpha value is 1.33. The Bertz CT molecular complexity index is 969. The van der Waals surface area contributed by atoms with E-state index in [1.54, 1.807) is 0 Å². The number of aliphatic hydroxyl groups is 1. The van der Waals surface area contributed by atoms with Crippen LogP contribution in [0.4, 0.5) is 10.2 Å². The summed E-state index contributed by atoms with van der Waals surface area (Å²) in [6.45, 7) is -1.22. The summed E-state index contributed by atoms with van der Waals surface area (Å²) in [5.74, 6) is -0.186. The van der Waals surface area contributed by atoms with E-state index in [1.807, 2.05) is 0 Å². The van der Waals surface area contributed by atoms with Crippen LogP contribution in [0.2, 0.25) is 0 Å². The first-order chi connectivity index (χ1) is 13.1. The third-order valence-electron chi connectivity index (χ3n) is 3.22. The number of phosphoric ester groups is 1. The number of phosphoric acid groups is 3. The minimum absolute atomic E-state index is 0. The zero-order valence-corrected chi connectivity index (χ0v) is 20.4. The molecule has 3 unspecified atom stereocenters. The Morgan fingerprint density at radius 1 is 1.12 bits per heavy atom.